The molecule has 0 fully saturated rings. The average molecular weight is 309 g/mol. The first-order valence-electron chi connectivity index (χ1n) is 6.84. The molecule has 0 saturated heterocycles. The lowest BCUT2D eigenvalue weighted by molar-refractivity contribution is -0.114. The number of fused-ring (bicyclic) bond motifs is 1. The highest BCUT2D eigenvalue weighted by atomic mass is 32.2. The minimum atomic E-state index is -3.26. The lowest BCUT2D eigenvalue weighted by Crippen LogP contribution is -2.35. The Bertz CT molecular complexity index is 719. The molecular formula is C15H19NO4S. The number of sulfone groups is 1. The molecular weight excluding hydrogens is 290 g/mol. The highest BCUT2D eigenvalue weighted by Crippen LogP contribution is 2.33. The Labute approximate surface area is 124 Å². The molecule has 0 aliphatic carbocycles. The van der Waals surface area contributed by atoms with Crippen molar-refractivity contribution in [2.75, 3.05) is 17.2 Å². The average Bonchev–Trinajstić information content (AvgIpc) is 2.61. The summed E-state index contributed by atoms with van der Waals surface area (Å²) in [4.78, 5) is 25.4. The first kappa shape index (κ1) is 15.7. The predicted octanol–water partition coefficient (Wildman–Crippen LogP) is 1.66. The summed E-state index contributed by atoms with van der Waals surface area (Å²) in [5.74, 6) is -1.34. The van der Waals surface area contributed by atoms with E-state index in [9.17, 15) is 18.0 Å². The number of Topliss-reactive ketones (excluding diaryl/α,β-unsaturated/α-hetero) is 1. The molecule has 0 unspecified atom stereocenters. The van der Waals surface area contributed by atoms with Gasteiger partial charge in [0.05, 0.1) is 22.3 Å². The van der Waals surface area contributed by atoms with E-state index >= 15 is 0 Å². The Morgan fingerprint density at radius 1 is 1.14 bits per heavy atom. The Hall–Kier alpha value is -1.69. The first-order chi connectivity index (χ1) is 9.65. The molecule has 0 spiro atoms. The topological polar surface area (TPSA) is 71.5 Å². The SMILES string of the molecule is Cc1cc(C)c2c(c1)C(=O)C(=O)N2CCS(=O)(=O)C(C)C. The number of amides is 1. The summed E-state index contributed by atoms with van der Waals surface area (Å²) in [7, 11) is -3.26. The van der Waals surface area contributed by atoms with Gasteiger partial charge in [0.25, 0.3) is 11.7 Å². The molecule has 0 N–H and O–H groups in total. The molecule has 0 atom stereocenters. The van der Waals surface area contributed by atoms with Crippen molar-refractivity contribution < 1.29 is 18.0 Å². The van der Waals surface area contributed by atoms with Crippen LogP contribution in [0.5, 0.6) is 0 Å². The normalized spacial score (nSPS) is 15.0. The van der Waals surface area contributed by atoms with Crippen LogP contribution >= 0.6 is 0 Å². The zero-order valence-electron chi connectivity index (χ0n) is 12.6. The summed E-state index contributed by atoms with van der Waals surface area (Å²) in [5, 5.41) is -0.496. The Morgan fingerprint density at radius 2 is 1.76 bits per heavy atom. The zero-order chi connectivity index (χ0) is 15.9. The Morgan fingerprint density at radius 3 is 2.33 bits per heavy atom. The zero-order valence-corrected chi connectivity index (χ0v) is 13.5. The number of benzene rings is 1. The van der Waals surface area contributed by atoms with Crippen molar-refractivity contribution in [1.82, 2.24) is 0 Å². The van der Waals surface area contributed by atoms with Crippen LogP contribution in [-0.2, 0) is 14.6 Å². The van der Waals surface area contributed by atoms with Crippen molar-refractivity contribution in [3.8, 4) is 0 Å². The lowest BCUT2D eigenvalue weighted by atomic mass is 10.0. The molecule has 21 heavy (non-hydrogen) atoms. The highest BCUT2D eigenvalue weighted by Gasteiger charge is 2.37. The second-order valence-electron chi connectivity index (χ2n) is 5.68. The number of anilines is 1. The molecule has 1 aromatic carbocycles. The van der Waals surface area contributed by atoms with Gasteiger partial charge in [-0.3, -0.25) is 9.59 Å². The molecule has 2 rings (SSSR count). The fourth-order valence-electron chi connectivity index (χ4n) is 2.50. The van der Waals surface area contributed by atoms with Crippen LogP contribution in [0.1, 0.15) is 35.3 Å². The first-order valence-corrected chi connectivity index (χ1v) is 8.55. The molecule has 0 radical (unpaired) electrons. The monoisotopic (exact) mass is 309 g/mol. The molecule has 1 aliphatic rings. The minimum Gasteiger partial charge on any atom is -0.303 e. The molecule has 1 heterocycles. The third kappa shape index (κ3) is 2.72. The van der Waals surface area contributed by atoms with E-state index in [0.29, 0.717) is 11.3 Å². The van der Waals surface area contributed by atoms with Gasteiger partial charge in [-0.2, -0.15) is 0 Å². The van der Waals surface area contributed by atoms with Gasteiger partial charge in [0, 0.05) is 6.54 Å². The van der Waals surface area contributed by atoms with Gasteiger partial charge in [0.15, 0.2) is 9.84 Å². The molecule has 1 amide bonds. The Kier molecular flexibility index (Phi) is 3.93. The maximum Gasteiger partial charge on any atom is 0.299 e. The van der Waals surface area contributed by atoms with Gasteiger partial charge in [-0.25, -0.2) is 8.42 Å². The van der Waals surface area contributed by atoms with E-state index in [2.05, 4.69) is 0 Å². The summed E-state index contributed by atoms with van der Waals surface area (Å²) < 4.78 is 23.8. The third-order valence-corrected chi connectivity index (χ3v) is 5.90. The molecule has 6 heteroatoms. The fraction of sp³-hybridized carbons (Fsp3) is 0.467. The number of ketones is 1. The van der Waals surface area contributed by atoms with Crippen molar-refractivity contribution >= 4 is 27.2 Å². The quantitative estimate of drug-likeness (QED) is 0.793. The smallest absolute Gasteiger partial charge is 0.299 e. The van der Waals surface area contributed by atoms with Crippen LogP contribution in [0.2, 0.25) is 0 Å². The van der Waals surface area contributed by atoms with Crippen LogP contribution < -0.4 is 4.90 Å². The standard InChI is InChI=1S/C15H19NO4S/c1-9(2)21(19,20)6-5-16-13-11(4)7-10(3)8-12(13)14(17)15(16)18/h7-9H,5-6H2,1-4H3. The van der Waals surface area contributed by atoms with E-state index in [1.807, 2.05) is 19.9 Å². The van der Waals surface area contributed by atoms with E-state index in [0.717, 1.165) is 11.1 Å². The van der Waals surface area contributed by atoms with E-state index in [1.165, 1.54) is 4.90 Å². The van der Waals surface area contributed by atoms with Crippen molar-refractivity contribution in [2.24, 2.45) is 0 Å². The van der Waals surface area contributed by atoms with Gasteiger partial charge in [-0.05, 0) is 44.9 Å². The number of carbonyl (C=O) groups is 2. The predicted molar refractivity (Wildman–Crippen MR) is 81.5 cm³/mol. The lowest BCUT2D eigenvalue weighted by Gasteiger charge is -2.19. The highest BCUT2D eigenvalue weighted by molar-refractivity contribution is 7.92. The number of nitrogens with zero attached hydrogens (tertiary/aromatic N) is 1. The molecule has 0 bridgehead atoms. The number of hydrogen-bond acceptors (Lipinski definition) is 4. The summed E-state index contributed by atoms with van der Waals surface area (Å²) in [6.45, 7) is 6.91. The van der Waals surface area contributed by atoms with E-state index in [4.69, 9.17) is 0 Å². The van der Waals surface area contributed by atoms with Crippen molar-refractivity contribution in [3.63, 3.8) is 0 Å². The van der Waals surface area contributed by atoms with Crippen LogP contribution in [-0.4, -0.2) is 37.7 Å². The molecule has 1 aromatic rings. The van der Waals surface area contributed by atoms with Crippen LogP contribution in [0.4, 0.5) is 5.69 Å². The van der Waals surface area contributed by atoms with Gasteiger partial charge in [0.2, 0.25) is 0 Å². The molecule has 0 saturated carbocycles. The van der Waals surface area contributed by atoms with Crippen LogP contribution in [0.15, 0.2) is 12.1 Å². The van der Waals surface area contributed by atoms with E-state index < -0.39 is 26.8 Å². The van der Waals surface area contributed by atoms with Gasteiger partial charge >= 0.3 is 0 Å². The summed E-state index contributed by atoms with van der Waals surface area (Å²) in [6, 6.07) is 3.56. The fourth-order valence-corrected chi connectivity index (χ4v) is 3.41. The number of hydrogen-bond donors (Lipinski definition) is 0. The van der Waals surface area contributed by atoms with Crippen LogP contribution in [0.3, 0.4) is 0 Å². The van der Waals surface area contributed by atoms with Gasteiger partial charge in [-0.1, -0.05) is 6.07 Å². The largest absolute Gasteiger partial charge is 0.303 e. The van der Waals surface area contributed by atoms with E-state index in [1.54, 1.807) is 19.9 Å². The molecule has 0 aromatic heterocycles. The third-order valence-electron chi connectivity index (χ3n) is 3.72. The van der Waals surface area contributed by atoms with Crippen molar-refractivity contribution in [1.29, 1.82) is 0 Å². The van der Waals surface area contributed by atoms with Crippen LogP contribution in [0, 0.1) is 13.8 Å². The van der Waals surface area contributed by atoms with Crippen molar-refractivity contribution in [3.05, 3.63) is 28.8 Å². The number of carbonyl (C=O) groups excluding carboxylic acids is 2. The molecule has 1 aliphatic heterocycles. The maximum atomic E-state index is 12.1. The second kappa shape index (κ2) is 5.26. The summed E-state index contributed by atoms with van der Waals surface area (Å²) in [6.07, 6.45) is 0. The number of aryl methyl sites for hydroxylation is 2. The maximum absolute atomic E-state index is 12.1. The van der Waals surface area contributed by atoms with Gasteiger partial charge < -0.3 is 4.90 Å². The molecule has 5 nitrogen and oxygen atoms in total. The number of rotatable bonds is 4. The minimum absolute atomic E-state index is 0.0159. The van der Waals surface area contributed by atoms with Gasteiger partial charge in [0.1, 0.15) is 0 Å². The van der Waals surface area contributed by atoms with E-state index in [-0.39, 0.29) is 12.3 Å². The second-order valence-corrected chi connectivity index (χ2v) is 8.36. The Balaban J connectivity index is 2.36. The molecule has 114 valence electrons. The summed E-state index contributed by atoms with van der Waals surface area (Å²) >= 11 is 0. The summed E-state index contributed by atoms with van der Waals surface area (Å²) in [5.41, 5.74) is 2.64. The van der Waals surface area contributed by atoms with Crippen molar-refractivity contribution in [2.45, 2.75) is 32.9 Å². The van der Waals surface area contributed by atoms with Gasteiger partial charge in [-0.15, -0.1) is 0 Å². The van der Waals surface area contributed by atoms with Crippen LogP contribution in [0.25, 0.3) is 0 Å².